The first-order valence-corrected chi connectivity index (χ1v) is 4.46. The van der Waals surface area contributed by atoms with E-state index in [0.29, 0.717) is 5.56 Å². The molecule has 0 spiro atoms. The van der Waals surface area contributed by atoms with Gasteiger partial charge in [0.25, 0.3) is 0 Å². The zero-order valence-corrected chi connectivity index (χ0v) is 8.00. The minimum atomic E-state index is -0.598. The minimum Gasteiger partial charge on any atom is -0.330 e. The highest BCUT2D eigenvalue weighted by Crippen LogP contribution is 2.19. The predicted octanol–water partition coefficient (Wildman–Crippen LogP) is 1.35. The molecule has 0 aliphatic carbocycles. The van der Waals surface area contributed by atoms with Gasteiger partial charge in [-0.2, -0.15) is 0 Å². The Balaban J connectivity index is 3.04. The molecule has 0 radical (unpaired) electrons. The normalized spacial score (nSPS) is 15.2. The average Bonchev–Trinajstić information content (AvgIpc) is 2.02. The van der Waals surface area contributed by atoms with Crippen LogP contribution >= 0.6 is 0 Å². The molecule has 0 bridgehead atoms. The van der Waals surface area contributed by atoms with Gasteiger partial charge in [-0.05, 0) is 24.6 Å². The lowest BCUT2D eigenvalue weighted by molar-refractivity contribution is 0.547. The van der Waals surface area contributed by atoms with Gasteiger partial charge < -0.3 is 11.5 Å². The number of benzene rings is 1. The Kier molecular flexibility index (Phi) is 3.55. The molecule has 4 heteroatoms. The molecule has 0 amide bonds. The Hall–Kier alpha value is -1.00. The third-order valence-electron chi connectivity index (χ3n) is 2.20. The quantitative estimate of drug-likeness (QED) is 0.773. The van der Waals surface area contributed by atoms with Crippen molar-refractivity contribution in [3.63, 3.8) is 0 Å². The van der Waals surface area contributed by atoms with E-state index in [2.05, 4.69) is 0 Å². The van der Waals surface area contributed by atoms with Crippen LogP contribution in [0.15, 0.2) is 18.2 Å². The number of hydrogen-bond donors (Lipinski definition) is 2. The fourth-order valence-electron chi connectivity index (χ4n) is 1.44. The molecule has 0 aliphatic heterocycles. The Morgan fingerprint density at radius 2 is 1.71 bits per heavy atom. The third kappa shape index (κ3) is 2.49. The molecule has 0 fully saturated rings. The van der Waals surface area contributed by atoms with Crippen molar-refractivity contribution < 1.29 is 8.78 Å². The maximum Gasteiger partial charge on any atom is 0.126 e. The van der Waals surface area contributed by atoms with Gasteiger partial charge in [0.2, 0.25) is 0 Å². The van der Waals surface area contributed by atoms with Crippen LogP contribution in [-0.2, 0) is 0 Å². The third-order valence-corrected chi connectivity index (χ3v) is 2.20. The van der Waals surface area contributed by atoms with Gasteiger partial charge in [0.05, 0.1) is 0 Å². The average molecular weight is 200 g/mol. The Morgan fingerprint density at radius 3 is 2.07 bits per heavy atom. The standard InChI is InChI=1S/C10H14F2N2/c1-6(14)10(5-13)7-2-8(11)4-9(12)3-7/h2-4,6,10H,5,13-14H2,1H3. The number of nitrogens with two attached hydrogens (primary N) is 2. The van der Waals surface area contributed by atoms with E-state index in [1.165, 1.54) is 12.1 Å². The molecule has 1 aromatic rings. The first-order chi connectivity index (χ1) is 6.54. The van der Waals surface area contributed by atoms with Crippen LogP contribution in [0.1, 0.15) is 18.4 Å². The summed E-state index contributed by atoms with van der Waals surface area (Å²) in [6.45, 7) is 2.04. The summed E-state index contributed by atoms with van der Waals surface area (Å²) in [5.74, 6) is -1.40. The molecular weight excluding hydrogens is 186 g/mol. The predicted molar refractivity (Wildman–Crippen MR) is 51.8 cm³/mol. The van der Waals surface area contributed by atoms with Crippen molar-refractivity contribution in [3.8, 4) is 0 Å². The molecule has 1 aromatic carbocycles. The Bertz CT molecular complexity index is 293. The fourth-order valence-corrected chi connectivity index (χ4v) is 1.44. The van der Waals surface area contributed by atoms with Crippen molar-refractivity contribution in [2.75, 3.05) is 6.54 Å². The van der Waals surface area contributed by atoms with Gasteiger partial charge in [-0.1, -0.05) is 0 Å². The maximum atomic E-state index is 12.9. The highest BCUT2D eigenvalue weighted by atomic mass is 19.1. The van der Waals surface area contributed by atoms with Crippen LogP contribution in [0.5, 0.6) is 0 Å². The molecular formula is C10H14F2N2. The lowest BCUT2D eigenvalue weighted by Gasteiger charge is -2.19. The zero-order valence-electron chi connectivity index (χ0n) is 8.00. The highest BCUT2D eigenvalue weighted by molar-refractivity contribution is 5.23. The van der Waals surface area contributed by atoms with E-state index in [1.54, 1.807) is 6.92 Å². The first kappa shape index (κ1) is 11.1. The van der Waals surface area contributed by atoms with Crippen molar-refractivity contribution in [2.24, 2.45) is 11.5 Å². The number of hydrogen-bond acceptors (Lipinski definition) is 2. The maximum absolute atomic E-state index is 12.9. The molecule has 1 rings (SSSR count). The molecule has 2 nitrogen and oxygen atoms in total. The van der Waals surface area contributed by atoms with Crippen molar-refractivity contribution in [2.45, 2.75) is 18.9 Å². The summed E-state index contributed by atoms with van der Waals surface area (Å²) in [4.78, 5) is 0. The van der Waals surface area contributed by atoms with Crippen LogP contribution < -0.4 is 11.5 Å². The number of rotatable bonds is 3. The lowest BCUT2D eigenvalue weighted by atomic mass is 9.93. The summed E-state index contributed by atoms with van der Waals surface area (Å²) >= 11 is 0. The van der Waals surface area contributed by atoms with E-state index >= 15 is 0 Å². The van der Waals surface area contributed by atoms with E-state index in [-0.39, 0.29) is 18.5 Å². The summed E-state index contributed by atoms with van der Waals surface area (Å²) in [6.07, 6.45) is 0. The molecule has 78 valence electrons. The summed E-state index contributed by atoms with van der Waals surface area (Å²) in [6, 6.07) is 3.15. The van der Waals surface area contributed by atoms with Crippen LogP contribution in [0.4, 0.5) is 8.78 Å². The van der Waals surface area contributed by atoms with Crippen LogP contribution in [0.3, 0.4) is 0 Å². The zero-order chi connectivity index (χ0) is 10.7. The smallest absolute Gasteiger partial charge is 0.126 e. The van der Waals surface area contributed by atoms with Crippen molar-refractivity contribution in [1.82, 2.24) is 0 Å². The lowest BCUT2D eigenvalue weighted by Crippen LogP contribution is -2.30. The molecule has 0 saturated heterocycles. The van der Waals surface area contributed by atoms with Crippen molar-refractivity contribution in [1.29, 1.82) is 0 Å². The Morgan fingerprint density at radius 1 is 1.21 bits per heavy atom. The van der Waals surface area contributed by atoms with Crippen LogP contribution in [0, 0.1) is 11.6 Å². The van der Waals surface area contributed by atoms with E-state index in [1.807, 2.05) is 0 Å². The molecule has 0 aliphatic rings. The monoisotopic (exact) mass is 200 g/mol. The van der Waals surface area contributed by atoms with Crippen LogP contribution in [-0.4, -0.2) is 12.6 Å². The molecule has 2 atom stereocenters. The van der Waals surface area contributed by atoms with Gasteiger partial charge in [0.15, 0.2) is 0 Å². The second-order valence-electron chi connectivity index (χ2n) is 3.40. The van der Waals surface area contributed by atoms with Crippen molar-refractivity contribution in [3.05, 3.63) is 35.4 Å². The van der Waals surface area contributed by atoms with E-state index in [0.717, 1.165) is 6.07 Å². The molecule has 4 N–H and O–H groups in total. The molecule has 0 aromatic heterocycles. The van der Waals surface area contributed by atoms with Crippen LogP contribution in [0.25, 0.3) is 0 Å². The fraction of sp³-hybridized carbons (Fsp3) is 0.400. The molecule has 0 saturated carbocycles. The van der Waals surface area contributed by atoms with Gasteiger partial charge in [0.1, 0.15) is 11.6 Å². The molecule has 2 unspecified atom stereocenters. The van der Waals surface area contributed by atoms with E-state index < -0.39 is 11.6 Å². The van der Waals surface area contributed by atoms with Gasteiger partial charge in [0, 0.05) is 24.6 Å². The SMILES string of the molecule is CC(N)C(CN)c1cc(F)cc(F)c1. The second-order valence-corrected chi connectivity index (χ2v) is 3.40. The topological polar surface area (TPSA) is 52.0 Å². The summed E-state index contributed by atoms with van der Waals surface area (Å²) in [7, 11) is 0. The first-order valence-electron chi connectivity index (χ1n) is 4.46. The van der Waals surface area contributed by atoms with Gasteiger partial charge in [-0.3, -0.25) is 0 Å². The van der Waals surface area contributed by atoms with E-state index in [4.69, 9.17) is 11.5 Å². The highest BCUT2D eigenvalue weighted by Gasteiger charge is 2.15. The largest absolute Gasteiger partial charge is 0.330 e. The summed E-state index contributed by atoms with van der Waals surface area (Å²) in [5, 5.41) is 0. The van der Waals surface area contributed by atoms with Gasteiger partial charge >= 0.3 is 0 Å². The van der Waals surface area contributed by atoms with Crippen LogP contribution in [0.2, 0.25) is 0 Å². The molecule has 14 heavy (non-hydrogen) atoms. The summed E-state index contributed by atoms with van der Waals surface area (Å²) < 4.78 is 25.7. The van der Waals surface area contributed by atoms with E-state index in [9.17, 15) is 8.78 Å². The van der Waals surface area contributed by atoms with Crippen molar-refractivity contribution >= 4 is 0 Å². The minimum absolute atomic E-state index is 0.208. The van der Waals surface area contributed by atoms with Gasteiger partial charge in [-0.15, -0.1) is 0 Å². The number of halogens is 2. The van der Waals surface area contributed by atoms with Gasteiger partial charge in [-0.25, -0.2) is 8.78 Å². The second kappa shape index (κ2) is 4.48. The summed E-state index contributed by atoms with van der Waals surface area (Å²) in [5.41, 5.74) is 11.6. The molecule has 0 heterocycles. The Labute approximate surface area is 81.9 Å².